The van der Waals surface area contributed by atoms with Crippen LogP contribution in [0, 0.1) is 13.8 Å². The fourth-order valence-corrected chi connectivity index (χ4v) is 4.63. The summed E-state index contributed by atoms with van der Waals surface area (Å²) in [5, 5.41) is 22.9. The first kappa shape index (κ1) is 24.3. The molecular formula is C25H29N9O3. The molecule has 1 aliphatic heterocycles. The molecule has 3 aromatic heterocycles. The van der Waals surface area contributed by atoms with Gasteiger partial charge in [0.15, 0.2) is 5.82 Å². The Hall–Kier alpha value is -4.45. The van der Waals surface area contributed by atoms with Crippen LogP contribution < -0.4 is 16.0 Å². The summed E-state index contributed by atoms with van der Waals surface area (Å²) in [6, 6.07) is 7.49. The maximum absolute atomic E-state index is 12.8. The molecule has 12 nitrogen and oxygen atoms in total. The normalized spacial score (nSPS) is 15.7. The molecule has 0 saturated carbocycles. The Labute approximate surface area is 213 Å². The molecule has 12 heteroatoms. The van der Waals surface area contributed by atoms with Crippen LogP contribution in [0.25, 0.3) is 22.2 Å². The number of benzene rings is 1. The van der Waals surface area contributed by atoms with Gasteiger partial charge in [0.2, 0.25) is 11.9 Å². The van der Waals surface area contributed by atoms with E-state index in [0.29, 0.717) is 37.0 Å². The highest BCUT2D eigenvalue weighted by molar-refractivity contribution is 6.06. The number of rotatable bonds is 7. The number of aromatic amines is 1. The minimum absolute atomic E-state index is 0.156. The quantitative estimate of drug-likeness (QED) is 0.258. The van der Waals surface area contributed by atoms with Crippen LogP contribution in [-0.4, -0.2) is 72.4 Å². The summed E-state index contributed by atoms with van der Waals surface area (Å²) in [7, 11) is 1.88. The van der Waals surface area contributed by atoms with E-state index < -0.39 is 6.09 Å². The highest BCUT2D eigenvalue weighted by Gasteiger charge is 2.25. The molecule has 0 spiro atoms. The minimum atomic E-state index is -1.04. The monoisotopic (exact) mass is 503 g/mol. The largest absolute Gasteiger partial charge is 0.465 e. The van der Waals surface area contributed by atoms with Crippen LogP contribution in [0.3, 0.4) is 0 Å². The lowest BCUT2D eigenvalue weighted by molar-refractivity contribution is -0.117. The van der Waals surface area contributed by atoms with E-state index in [1.165, 1.54) is 0 Å². The summed E-state index contributed by atoms with van der Waals surface area (Å²) in [6.45, 7) is 5.29. The Morgan fingerprint density at radius 1 is 1.27 bits per heavy atom. The maximum atomic E-state index is 12.8. The van der Waals surface area contributed by atoms with Crippen molar-refractivity contribution in [3.8, 4) is 11.3 Å². The first-order valence-corrected chi connectivity index (χ1v) is 12.0. The molecule has 4 aromatic rings. The standard InChI is InChI=1S/C25H29N9O3/c1-14-10-27-24(30-20-9-15(2)33(3)32-20)31-22(14)18-11-26-23-17(18)5-4-6-19(23)29-21(35)13-34-8-7-16(12-34)28-25(36)37/h4-6,9-11,16,26,28H,7-8,12-13H2,1-3H3,(H,29,35)(H,36,37)(H,27,30,31,32). The van der Waals surface area contributed by atoms with Crippen LogP contribution in [0.5, 0.6) is 0 Å². The molecule has 0 radical (unpaired) electrons. The van der Waals surface area contributed by atoms with E-state index in [0.717, 1.165) is 33.4 Å². The van der Waals surface area contributed by atoms with Crippen LogP contribution >= 0.6 is 0 Å². The van der Waals surface area contributed by atoms with E-state index in [9.17, 15) is 9.59 Å². The number of amides is 2. The summed E-state index contributed by atoms with van der Waals surface area (Å²) in [4.78, 5) is 38.0. The molecule has 1 unspecified atom stereocenters. The number of anilines is 3. The van der Waals surface area contributed by atoms with Crippen LogP contribution in [0.1, 0.15) is 17.7 Å². The van der Waals surface area contributed by atoms with Gasteiger partial charge in [-0.2, -0.15) is 5.10 Å². The Kier molecular flexibility index (Phi) is 6.49. The highest BCUT2D eigenvalue weighted by Crippen LogP contribution is 2.33. The second-order valence-corrected chi connectivity index (χ2v) is 9.29. The van der Waals surface area contributed by atoms with E-state index in [1.807, 2.05) is 56.3 Å². The zero-order valence-electron chi connectivity index (χ0n) is 20.9. The molecular weight excluding hydrogens is 474 g/mol. The number of para-hydroxylation sites is 1. The zero-order chi connectivity index (χ0) is 26.1. The maximum Gasteiger partial charge on any atom is 0.404 e. The van der Waals surface area contributed by atoms with Crippen LogP contribution in [0.15, 0.2) is 36.7 Å². The van der Waals surface area contributed by atoms with Gasteiger partial charge in [-0.05, 0) is 31.9 Å². The Morgan fingerprint density at radius 3 is 2.86 bits per heavy atom. The van der Waals surface area contributed by atoms with Gasteiger partial charge in [-0.1, -0.05) is 12.1 Å². The van der Waals surface area contributed by atoms with Gasteiger partial charge in [-0.3, -0.25) is 14.4 Å². The van der Waals surface area contributed by atoms with E-state index in [-0.39, 0.29) is 18.5 Å². The van der Waals surface area contributed by atoms with Crippen molar-refractivity contribution in [3.63, 3.8) is 0 Å². The predicted octanol–water partition coefficient (Wildman–Crippen LogP) is 3.00. The van der Waals surface area contributed by atoms with Crippen molar-refractivity contribution in [2.75, 3.05) is 30.3 Å². The number of carbonyl (C=O) groups excluding carboxylic acids is 1. The van der Waals surface area contributed by atoms with E-state index >= 15 is 0 Å². The van der Waals surface area contributed by atoms with Crippen LogP contribution in [0.4, 0.5) is 22.2 Å². The second kappa shape index (κ2) is 9.90. The molecule has 0 aliphatic carbocycles. The average Bonchev–Trinajstić information content (AvgIpc) is 3.54. The number of fused-ring (bicyclic) bond motifs is 1. The van der Waals surface area contributed by atoms with Gasteiger partial charge >= 0.3 is 6.09 Å². The molecule has 1 fully saturated rings. The summed E-state index contributed by atoms with van der Waals surface area (Å²) in [5.41, 5.74) is 5.06. The molecule has 0 bridgehead atoms. The summed E-state index contributed by atoms with van der Waals surface area (Å²) >= 11 is 0. The minimum Gasteiger partial charge on any atom is -0.465 e. The molecule has 1 atom stereocenters. The lowest BCUT2D eigenvalue weighted by Gasteiger charge is -2.16. The lowest BCUT2D eigenvalue weighted by Crippen LogP contribution is -2.38. The van der Waals surface area contributed by atoms with Gasteiger partial charge < -0.3 is 26.0 Å². The van der Waals surface area contributed by atoms with Crippen molar-refractivity contribution in [3.05, 3.63) is 47.9 Å². The molecule has 2 amide bonds. The van der Waals surface area contributed by atoms with Crippen molar-refractivity contribution in [1.29, 1.82) is 0 Å². The first-order chi connectivity index (χ1) is 17.8. The number of carbonyl (C=O) groups is 2. The Bertz CT molecular complexity index is 1460. The van der Waals surface area contributed by atoms with Gasteiger partial charge in [-0.15, -0.1) is 0 Å². The molecule has 37 heavy (non-hydrogen) atoms. The molecule has 5 rings (SSSR count). The second-order valence-electron chi connectivity index (χ2n) is 9.29. The number of hydrogen-bond donors (Lipinski definition) is 5. The Balaban J connectivity index is 1.34. The van der Waals surface area contributed by atoms with Crippen molar-refractivity contribution in [1.82, 2.24) is 34.9 Å². The number of aromatic nitrogens is 5. The number of likely N-dealkylation sites (tertiary alicyclic amines) is 1. The summed E-state index contributed by atoms with van der Waals surface area (Å²) in [5.74, 6) is 0.954. The third-order valence-electron chi connectivity index (χ3n) is 6.54. The van der Waals surface area contributed by atoms with E-state index in [1.54, 1.807) is 10.9 Å². The third-order valence-corrected chi connectivity index (χ3v) is 6.54. The highest BCUT2D eigenvalue weighted by atomic mass is 16.4. The summed E-state index contributed by atoms with van der Waals surface area (Å²) < 4.78 is 1.78. The fourth-order valence-electron chi connectivity index (χ4n) is 4.63. The lowest BCUT2D eigenvalue weighted by atomic mass is 10.1. The fraction of sp³-hybridized carbons (Fsp3) is 0.320. The molecule has 1 aliphatic rings. The third kappa shape index (κ3) is 5.23. The molecule has 1 saturated heterocycles. The number of H-pyrrole nitrogens is 1. The van der Waals surface area contributed by atoms with Crippen molar-refractivity contribution >= 4 is 40.4 Å². The zero-order valence-corrected chi connectivity index (χ0v) is 20.9. The van der Waals surface area contributed by atoms with E-state index in [2.05, 4.69) is 31.0 Å². The predicted molar refractivity (Wildman–Crippen MR) is 140 cm³/mol. The van der Waals surface area contributed by atoms with Crippen molar-refractivity contribution in [2.24, 2.45) is 7.05 Å². The number of nitrogens with one attached hydrogen (secondary N) is 4. The Morgan fingerprint density at radius 2 is 2.11 bits per heavy atom. The number of carboxylic acid groups (broad SMARTS) is 1. The van der Waals surface area contributed by atoms with Crippen LogP contribution in [0.2, 0.25) is 0 Å². The van der Waals surface area contributed by atoms with Gasteiger partial charge in [0, 0.05) is 61.3 Å². The number of aryl methyl sites for hydroxylation is 3. The van der Waals surface area contributed by atoms with E-state index in [4.69, 9.17) is 10.1 Å². The first-order valence-electron chi connectivity index (χ1n) is 12.0. The SMILES string of the molecule is Cc1cnc(Nc2cc(C)n(C)n2)nc1-c1c[nH]c2c(NC(=O)CN3CCC(NC(=O)O)C3)cccc12. The van der Waals surface area contributed by atoms with Gasteiger partial charge in [0.05, 0.1) is 23.4 Å². The molecule has 1 aromatic carbocycles. The van der Waals surface area contributed by atoms with Crippen LogP contribution in [-0.2, 0) is 11.8 Å². The molecule has 5 N–H and O–H groups in total. The molecule has 4 heterocycles. The smallest absolute Gasteiger partial charge is 0.404 e. The van der Waals surface area contributed by atoms with Crippen molar-refractivity contribution in [2.45, 2.75) is 26.3 Å². The number of nitrogens with zero attached hydrogens (tertiary/aromatic N) is 5. The summed E-state index contributed by atoms with van der Waals surface area (Å²) in [6.07, 6.45) is 3.30. The van der Waals surface area contributed by atoms with Gasteiger partial charge in [0.25, 0.3) is 0 Å². The molecule has 192 valence electrons. The van der Waals surface area contributed by atoms with Crippen molar-refractivity contribution < 1.29 is 14.7 Å². The average molecular weight is 504 g/mol. The van der Waals surface area contributed by atoms with Gasteiger partial charge in [-0.25, -0.2) is 14.8 Å². The van der Waals surface area contributed by atoms with Gasteiger partial charge in [0.1, 0.15) is 0 Å². The number of hydrogen-bond acceptors (Lipinski definition) is 7. The topological polar surface area (TPSA) is 153 Å².